The van der Waals surface area contributed by atoms with E-state index >= 15 is 0 Å². The Hall–Kier alpha value is -2.50. The Balaban J connectivity index is 1.39. The minimum atomic E-state index is -3.45. The van der Waals surface area contributed by atoms with Gasteiger partial charge in [0.05, 0.1) is 43.2 Å². The van der Waals surface area contributed by atoms with E-state index in [9.17, 15) is 23.4 Å². The highest BCUT2D eigenvalue weighted by molar-refractivity contribution is 7.88. The van der Waals surface area contributed by atoms with Crippen molar-refractivity contribution in [2.45, 2.75) is 65.1 Å². The van der Waals surface area contributed by atoms with Crippen LogP contribution in [0.2, 0.25) is 5.02 Å². The van der Waals surface area contributed by atoms with Crippen LogP contribution < -0.4 is 10.4 Å². The van der Waals surface area contributed by atoms with Gasteiger partial charge in [0, 0.05) is 54.7 Å². The lowest BCUT2D eigenvalue weighted by molar-refractivity contribution is -0.885. The Morgan fingerprint density at radius 2 is 1.87 bits per heavy atom. The zero-order valence-corrected chi connectivity index (χ0v) is 29.5. The van der Waals surface area contributed by atoms with E-state index in [0.717, 1.165) is 68.7 Å². The Bertz CT molecular complexity index is 1580. The van der Waals surface area contributed by atoms with Gasteiger partial charge in [-0.15, -0.1) is 0 Å². The van der Waals surface area contributed by atoms with E-state index in [1.165, 1.54) is 10.6 Å². The van der Waals surface area contributed by atoms with Gasteiger partial charge in [-0.25, -0.2) is 8.42 Å². The summed E-state index contributed by atoms with van der Waals surface area (Å²) in [6.07, 6.45) is 3.37. The number of halogens is 1. The van der Waals surface area contributed by atoms with Gasteiger partial charge in [0.2, 0.25) is 10.0 Å². The van der Waals surface area contributed by atoms with Crippen molar-refractivity contribution in [3.63, 3.8) is 0 Å². The SMILES string of the molecule is CCN(CC)CC#Cc1cc(-c2nn(C[C@@H](O)C[N+]3(C(=O)[O-])CCC(C4CCNCC4)CC3)c3c2CN(S(C)(=O)=O)CC3)ccc1Cl. The fraction of sp³-hybridized carbons (Fsp3) is 0.647. The molecule has 47 heavy (non-hydrogen) atoms. The van der Waals surface area contributed by atoms with Crippen LogP contribution in [0, 0.1) is 23.7 Å². The van der Waals surface area contributed by atoms with E-state index < -0.39 is 22.2 Å². The molecule has 11 nitrogen and oxygen atoms in total. The predicted molar refractivity (Wildman–Crippen MR) is 181 cm³/mol. The molecule has 0 spiro atoms. The van der Waals surface area contributed by atoms with Crippen molar-refractivity contribution in [3.8, 4) is 23.1 Å². The maximum absolute atomic E-state index is 12.5. The van der Waals surface area contributed by atoms with Crippen molar-refractivity contribution < 1.29 is 27.9 Å². The molecule has 2 fully saturated rings. The van der Waals surface area contributed by atoms with Crippen molar-refractivity contribution >= 4 is 27.7 Å². The van der Waals surface area contributed by atoms with E-state index in [1.54, 1.807) is 10.7 Å². The molecule has 5 rings (SSSR count). The van der Waals surface area contributed by atoms with Crippen LogP contribution in [0.1, 0.15) is 56.4 Å². The van der Waals surface area contributed by atoms with Crippen LogP contribution in [0.3, 0.4) is 0 Å². The lowest BCUT2D eigenvalue weighted by atomic mass is 9.78. The van der Waals surface area contributed by atoms with Crippen LogP contribution in [0.15, 0.2) is 18.2 Å². The predicted octanol–water partition coefficient (Wildman–Crippen LogP) is 2.15. The zero-order valence-electron chi connectivity index (χ0n) is 27.9. The Labute approximate surface area is 284 Å². The number of carbonyl (C=O) groups is 1. The zero-order chi connectivity index (χ0) is 33.8. The van der Waals surface area contributed by atoms with Gasteiger partial charge in [-0.05, 0) is 63.0 Å². The van der Waals surface area contributed by atoms with E-state index in [2.05, 4.69) is 35.9 Å². The number of piperidine rings is 2. The summed E-state index contributed by atoms with van der Waals surface area (Å²) >= 11 is 6.53. The van der Waals surface area contributed by atoms with Gasteiger partial charge >= 0.3 is 0 Å². The number of nitrogens with zero attached hydrogens (tertiary/aromatic N) is 5. The molecule has 3 aliphatic heterocycles. The number of fused-ring (bicyclic) bond motifs is 1. The summed E-state index contributed by atoms with van der Waals surface area (Å²) < 4.78 is 28.0. The largest absolute Gasteiger partial charge is 0.498 e. The molecular weight excluding hydrogens is 640 g/mol. The minimum Gasteiger partial charge on any atom is -0.498 e. The van der Waals surface area contributed by atoms with Crippen LogP contribution in [0.5, 0.6) is 0 Å². The highest BCUT2D eigenvalue weighted by Gasteiger charge is 2.40. The summed E-state index contributed by atoms with van der Waals surface area (Å²) in [6, 6.07) is 5.50. The van der Waals surface area contributed by atoms with Crippen molar-refractivity contribution in [3.05, 3.63) is 40.0 Å². The Kier molecular flexibility index (Phi) is 11.7. The van der Waals surface area contributed by atoms with Crippen molar-refractivity contribution in [1.29, 1.82) is 0 Å². The second kappa shape index (κ2) is 15.4. The number of sulfonamides is 1. The van der Waals surface area contributed by atoms with Gasteiger partial charge in [-0.3, -0.25) is 14.1 Å². The summed E-state index contributed by atoms with van der Waals surface area (Å²) in [5.74, 6) is 7.51. The summed E-state index contributed by atoms with van der Waals surface area (Å²) in [4.78, 5) is 14.7. The number of nitrogens with one attached hydrogen (secondary N) is 1. The van der Waals surface area contributed by atoms with Gasteiger partial charge in [0.15, 0.2) is 0 Å². The molecule has 0 saturated carbocycles. The molecule has 1 atom stereocenters. The van der Waals surface area contributed by atoms with Crippen LogP contribution >= 0.6 is 11.6 Å². The number of likely N-dealkylation sites (tertiary alicyclic amines) is 1. The first kappa shape index (κ1) is 35.8. The third kappa shape index (κ3) is 8.39. The standard InChI is InChI=1S/C34H49ClN6O5S/c1-4-38(5-2)17-6-7-27-21-28(8-9-31(27)35)33-30-23-39(47(3,45)46)18-12-32(30)40(37-33)22-29(42)24-41(34(43)44)19-13-26(14-20-41)25-10-15-36-16-11-25/h8-9,21,25-26,29,36,42H,4-5,10-20,22-24H2,1-3H3/t26?,29-,41?/m1/s1. The minimum absolute atomic E-state index is 0.0356. The van der Waals surface area contributed by atoms with E-state index in [4.69, 9.17) is 16.7 Å². The molecule has 1 amide bonds. The third-order valence-corrected chi connectivity index (χ3v) is 12.0. The molecule has 13 heteroatoms. The molecule has 0 bridgehead atoms. The van der Waals surface area contributed by atoms with Crippen molar-refractivity contribution in [2.75, 3.05) is 65.2 Å². The number of benzene rings is 1. The van der Waals surface area contributed by atoms with Crippen LogP contribution in [-0.4, -0.2) is 114 Å². The van der Waals surface area contributed by atoms with Crippen molar-refractivity contribution in [1.82, 2.24) is 24.3 Å². The first-order chi connectivity index (χ1) is 22.4. The fourth-order valence-corrected chi connectivity index (χ4v) is 8.52. The first-order valence-corrected chi connectivity index (χ1v) is 19.2. The quantitative estimate of drug-likeness (QED) is 0.287. The van der Waals surface area contributed by atoms with Gasteiger partial charge < -0.3 is 20.3 Å². The molecule has 0 radical (unpaired) electrons. The molecule has 1 aromatic heterocycles. The molecule has 1 aromatic carbocycles. The monoisotopic (exact) mass is 688 g/mol. The number of hydrogen-bond donors (Lipinski definition) is 2. The molecule has 2 N–H and O–H groups in total. The lowest BCUT2D eigenvalue weighted by Crippen LogP contribution is -2.65. The number of hydrogen-bond acceptors (Lipinski definition) is 8. The summed E-state index contributed by atoms with van der Waals surface area (Å²) in [6.45, 7) is 10.1. The average molecular weight is 689 g/mol. The fourth-order valence-electron chi connectivity index (χ4n) is 7.56. The van der Waals surface area contributed by atoms with Gasteiger partial charge in [0.25, 0.3) is 6.09 Å². The molecule has 3 aliphatic rings. The Morgan fingerprint density at radius 3 is 2.51 bits per heavy atom. The molecule has 0 unspecified atom stereocenters. The van der Waals surface area contributed by atoms with E-state index in [-0.39, 0.29) is 24.1 Å². The summed E-state index contributed by atoms with van der Waals surface area (Å²) in [5.41, 5.74) is 3.62. The summed E-state index contributed by atoms with van der Waals surface area (Å²) in [7, 11) is -3.45. The molecule has 2 saturated heterocycles. The number of amides is 1. The second-order valence-electron chi connectivity index (χ2n) is 13.4. The highest BCUT2D eigenvalue weighted by atomic mass is 35.5. The molecule has 258 valence electrons. The highest BCUT2D eigenvalue weighted by Crippen LogP contribution is 2.35. The topological polar surface area (TPSA) is 131 Å². The van der Waals surface area contributed by atoms with E-state index in [1.807, 2.05) is 12.1 Å². The number of aromatic nitrogens is 2. The number of rotatable bonds is 10. The number of carboxylic acid groups (broad SMARTS) is 1. The normalized spacial score (nSPS) is 23.2. The molecular formula is C34H49ClN6O5S. The smallest absolute Gasteiger partial charge is 0.257 e. The lowest BCUT2D eigenvalue weighted by Gasteiger charge is -2.45. The van der Waals surface area contributed by atoms with Gasteiger partial charge in [-0.2, -0.15) is 9.40 Å². The number of aliphatic hydroxyl groups is 1. The van der Waals surface area contributed by atoms with Crippen LogP contribution in [0.25, 0.3) is 11.3 Å². The summed E-state index contributed by atoms with van der Waals surface area (Å²) in [5, 5.41) is 32.8. The molecule has 2 aromatic rings. The number of aliphatic hydroxyl groups excluding tert-OH is 1. The maximum atomic E-state index is 12.5. The maximum Gasteiger partial charge on any atom is 0.257 e. The second-order valence-corrected chi connectivity index (χ2v) is 15.8. The third-order valence-electron chi connectivity index (χ3n) is 10.5. The Morgan fingerprint density at radius 1 is 1.19 bits per heavy atom. The van der Waals surface area contributed by atoms with E-state index in [0.29, 0.717) is 60.7 Å². The van der Waals surface area contributed by atoms with Gasteiger partial charge in [0.1, 0.15) is 12.6 Å². The first-order valence-electron chi connectivity index (χ1n) is 16.9. The molecule has 0 aliphatic carbocycles. The van der Waals surface area contributed by atoms with Crippen molar-refractivity contribution in [2.24, 2.45) is 11.8 Å². The average Bonchev–Trinajstić information content (AvgIpc) is 3.41. The van der Waals surface area contributed by atoms with Gasteiger partial charge in [-0.1, -0.05) is 43.4 Å². The number of quaternary nitrogens is 1. The molecule has 4 heterocycles. The van der Waals surface area contributed by atoms with Crippen LogP contribution in [-0.2, 0) is 29.5 Å². The number of carbonyl (C=O) groups excluding carboxylic acids is 1. The van der Waals surface area contributed by atoms with Crippen LogP contribution in [0.4, 0.5) is 4.79 Å².